The Labute approximate surface area is 119 Å². The van der Waals surface area contributed by atoms with Gasteiger partial charge in [-0.3, -0.25) is 4.98 Å². The van der Waals surface area contributed by atoms with Crippen molar-refractivity contribution in [2.24, 2.45) is 0 Å². The lowest BCUT2D eigenvalue weighted by atomic mass is 10.1. The van der Waals surface area contributed by atoms with Gasteiger partial charge in [-0.15, -0.1) is 0 Å². The summed E-state index contributed by atoms with van der Waals surface area (Å²) < 4.78 is 7.77. The van der Waals surface area contributed by atoms with Crippen LogP contribution >= 0.6 is 0 Å². The molecule has 0 spiro atoms. The molecule has 3 aromatic rings. The predicted octanol–water partition coefficient (Wildman–Crippen LogP) is 4.31. The molecule has 0 atom stereocenters. The highest BCUT2D eigenvalue weighted by molar-refractivity contribution is 6.09. The highest BCUT2D eigenvalue weighted by Gasteiger charge is 2.13. The van der Waals surface area contributed by atoms with Crippen LogP contribution in [0.5, 0.6) is 5.75 Å². The van der Waals surface area contributed by atoms with Gasteiger partial charge in [-0.1, -0.05) is 13.3 Å². The van der Waals surface area contributed by atoms with Crippen LogP contribution in [0, 0.1) is 6.92 Å². The molecule has 0 N–H and O–H groups in total. The summed E-state index contributed by atoms with van der Waals surface area (Å²) in [6.45, 7) is 5.33. The second-order valence-electron chi connectivity index (χ2n) is 5.18. The molecule has 0 bridgehead atoms. The van der Waals surface area contributed by atoms with E-state index in [1.807, 2.05) is 12.3 Å². The Morgan fingerprint density at radius 1 is 1.20 bits per heavy atom. The topological polar surface area (TPSA) is 27.1 Å². The fourth-order valence-electron chi connectivity index (χ4n) is 2.88. The second-order valence-corrected chi connectivity index (χ2v) is 5.18. The van der Waals surface area contributed by atoms with Crippen molar-refractivity contribution in [2.75, 3.05) is 7.11 Å². The molecule has 3 nitrogen and oxygen atoms in total. The third-order valence-electron chi connectivity index (χ3n) is 3.90. The van der Waals surface area contributed by atoms with Crippen LogP contribution in [0.15, 0.2) is 30.5 Å². The van der Waals surface area contributed by atoms with Crippen LogP contribution in [-0.2, 0) is 6.54 Å². The standard InChI is InChI=1S/C17H20N2O/c1-4-5-10-19-16-11-13(20-3)6-7-14(16)15-8-9-18-12(2)17(15)19/h6-9,11H,4-5,10H2,1-3H3. The molecule has 0 aliphatic heterocycles. The SMILES string of the molecule is CCCCn1c2cc(OC)ccc2c2ccnc(C)c21. The van der Waals surface area contributed by atoms with Gasteiger partial charge in [0, 0.05) is 29.6 Å². The van der Waals surface area contributed by atoms with Crippen molar-refractivity contribution in [3.05, 3.63) is 36.2 Å². The molecule has 0 unspecified atom stereocenters. The van der Waals surface area contributed by atoms with Crippen molar-refractivity contribution in [2.45, 2.75) is 33.2 Å². The maximum atomic E-state index is 5.38. The lowest BCUT2D eigenvalue weighted by molar-refractivity contribution is 0.415. The van der Waals surface area contributed by atoms with E-state index in [0.717, 1.165) is 18.0 Å². The molecule has 0 fully saturated rings. The number of methoxy groups -OCH3 is 1. The normalized spacial score (nSPS) is 11.3. The first kappa shape index (κ1) is 13.0. The number of unbranched alkanes of at least 4 members (excludes halogenated alkanes) is 1. The average Bonchev–Trinajstić information content (AvgIpc) is 2.79. The largest absolute Gasteiger partial charge is 0.497 e. The number of hydrogen-bond donors (Lipinski definition) is 0. The molecule has 20 heavy (non-hydrogen) atoms. The Balaban J connectivity index is 2.37. The van der Waals surface area contributed by atoms with Gasteiger partial charge in [0.25, 0.3) is 0 Å². The smallest absolute Gasteiger partial charge is 0.120 e. The van der Waals surface area contributed by atoms with Gasteiger partial charge in [-0.2, -0.15) is 0 Å². The first-order chi connectivity index (χ1) is 9.76. The number of benzene rings is 1. The number of fused-ring (bicyclic) bond motifs is 3. The van der Waals surface area contributed by atoms with Crippen LogP contribution in [0.4, 0.5) is 0 Å². The Morgan fingerprint density at radius 3 is 2.80 bits per heavy atom. The van der Waals surface area contributed by atoms with E-state index in [4.69, 9.17) is 4.74 Å². The van der Waals surface area contributed by atoms with Crippen LogP contribution in [0.2, 0.25) is 0 Å². The highest BCUT2D eigenvalue weighted by Crippen LogP contribution is 2.32. The summed E-state index contributed by atoms with van der Waals surface area (Å²) >= 11 is 0. The molecule has 3 rings (SSSR count). The fraction of sp³-hybridized carbons (Fsp3) is 0.353. The quantitative estimate of drug-likeness (QED) is 0.705. The number of aromatic nitrogens is 2. The number of aryl methyl sites for hydroxylation is 2. The van der Waals surface area contributed by atoms with Gasteiger partial charge in [-0.05, 0) is 31.5 Å². The van der Waals surface area contributed by atoms with E-state index < -0.39 is 0 Å². The number of nitrogens with zero attached hydrogens (tertiary/aromatic N) is 2. The summed E-state index contributed by atoms with van der Waals surface area (Å²) in [5.74, 6) is 0.906. The van der Waals surface area contributed by atoms with Crippen LogP contribution in [-0.4, -0.2) is 16.7 Å². The monoisotopic (exact) mass is 268 g/mol. The third-order valence-corrected chi connectivity index (χ3v) is 3.90. The van der Waals surface area contributed by atoms with Crippen LogP contribution in [0.1, 0.15) is 25.5 Å². The van der Waals surface area contributed by atoms with E-state index in [0.29, 0.717) is 0 Å². The molecular formula is C17H20N2O. The summed E-state index contributed by atoms with van der Waals surface area (Å²) in [6, 6.07) is 8.42. The van der Waals surface area contributed by atoms with E-state index in [2.05, 4.69) is 41.6 Å². The zero-order valence-electron chi connectivity index (χ0n) is 12.3. The maximum absolute atomic E-state index is 5.38. The second kappa shape index (κ2) is 5.16. The number of rotatable bonds is 4. The zero-order valence-corrected chi connectivity index (χ0v) is 12.3. The van der Waals surface area contributed by atoms with Gasteiger partial charge in [0.05, 0.1) is 23.8 Å². The van der Waals surface area contributed by atoms with Crippen LogP contribution < -0.4 is 4.74 Å². The van der Waals surface area contributed by atoms with E-state index >= 15 is 0 Å². The summed E-state index contributed by atoms with van der Waals surface area (Å²) in [4.78, 5) is 4.46. The Kier molecular flexibility index (Phi) is 3.35. The van der Waals surface area contributed by atoms with Crippen molar-refractivity contribution in [3.63, 3.8) is 0 Å². The molecule has 0 saturated heterocycles. The zero-order chi connectivity index (χ0) is 14.1. The van der Waals surface area contributed by atoms with Gasteiger partial charge in [0.15, 0.2) is 0 Å². The number of ether oxygens (including phenoxy) is 1. The van der Waals surface area contributed by atoms with Crippen molar-refractivity contribution in [1.29, 1.82) is 0 Å². The number of hydrogen-bond acceptors (Lipinski definition) is 2. The minimum atomic E-state index is 0.906. The van der Waals surface area contributed by atoms with E-state index in [1.54, 1.807) is 7.11 Å². The molecule has 0 amide bonds. The third kappa shape index (κ3) is 1.94. The fourth-order valence-corrected chi connectivity index (χ4v) is 2.88. The van der Waals surface area contributed by atoms with Gasteiger partial charge in [-0.25, -0.2) is 0 Å². The number of pyridine rings is 1. The molecule has 2 heterocycles. The highest BCUT2D eigenvalue weighted by atomic mass is 16.5. The molecule has 0 saturated carbocycles. The Morgan fingerprint density at radius 2 is 2.05 bits per heavy atom. The molecule has 0 radical (unpaired) electrons. The van der Waals surface area contributed by atoms with Gasteiger partial charge in [0.1, 0.15) is 5.75 Å². The molecular weight excluding hydrogens is 248 g/mol. The van der Waals surface area contributed by atoms with Crippen molar-refractivity contribution >= 4 is 21.8 Å². The van der Waals surface area contributed by atoms with Gasteiger partial charge >= 0.3 is 0 Å². The van der Waals surface area contributed by atoms with E-state index in [1.165, 1.54) is 34.6 Å². The van der Waals surface area contributed by atoms with Crippen molar-refractivity contribution < 1.29 is 4.74 Å². The van der Waals surface area contributed by atoms with E-state index in [-0.39, 0.29) is 0 Å². The first-order valence-corrected chi connectivity index (χ1v) is 7.17. The Bertz CT molecular complexity index is 758. The first-order valence-electron chi connectivity index (χ1n) is 7.17. The summed E-state index contributed by atoms with van der Waals surface area (Å²) in [5, 5.41) is 2.56. The van der Waals surface area contributed by atoms with Crippen LogP contribution in [0.3, 0.4) is 0 Å². The lowest BCUT2D eigenvalue weighted by Gasteiger charge is -2.08. The van der Waals surface area contributed by atoms with Gasteiger partial charge < -0.3 is 9.30 Å². The Hall–Kier alpha value is -2.03. The molecule has 0 aliphatic rings. The molecule has 104 valence electrons. The van der Waals surface area contributed by atoms with Crippen molar-refractivity contribution in [3.8, 4) is 5.75 Å². The average molecular weight is 268 g/mol. The summed E-state index contributed by atoms with van der Waals surface area (Å²) in [5.41, 5.74) is 3.59. The molecule has 1 aromatic carbocycles. The van der Waals surface area contributed by atoms with E-state index in [9.17, 15) is 0 Å². The maximum Gasteiger partial charge on any atom is 0.120 e. The van der Waals surface area contributed by atoms with Gasteiger partial charge in [0.2, 0.25) is 0 Å². The lowest BCUT2D eigenvalue weighted by Crippen LogP contribution is -1.99. The minimum absolute atomic E-state index is 0.906. The van der Waals surface area contributed by atoms with Crippen molar-refractivity contribution in [1.82, 2.24) is 9.55 Å². The summed E-state index contributed by atoms with van der Waals surface area (Å²) in [6.07, 6.45) is 4.25. The molecule has 3 heteroatoms. The summed E-state index contributed by atoms with van der Waals surface area (Å²) in [7, 11) is 1.72. The minimum Gasteiger partial charge on any atom is -0.497 e. The van der Waals surface area contributed by atoms with Crippen LogP contribution in [0.25, 0.3) is 21.8 Å². The molecule has 2 aromatic heterocycles. The predicted molar refractivity (Wildman–Crippen MR) is 83.4 cm³/mol. The molecule has 0 aliphatic carbocycles.